The molecule has 34 heavy (non-hydrogen) atoms. The van der Waals surface area contributed by atoms with E-state index in [1.54, 1.807) is 47.6 Å². The van der Waals surface area contributed by atoms with Gasteiger partial charge in [-0.15, -0.1) is 11.3 Å². The highest BCUT2D eigenvalue weighted by atomic mass is 32.1. The van der Waals surface area contributed by atoms with E-state index in [9.17, 15) is 9.59 Å². The van der Waals surface area contributed by atoms with Gasteiger partial charge in [-0.1, -0.05) is 30.3 Å². The monoisotopic (exact) mass is 476 g/mol. The van der Waals surface area contributed by atoms with Crippen LogP contribution in [0.4, 0.5) is 10.5 Å². The summed E-state index contributed by atoms with van der Waals surface area (Å²) in [7, 11) is 1.55. The van der Waals surface area contributed by atoms with Crippen molar-refractivity contribution in [3.63, 3.8) is 0 Å². The summed E-state index contributed by atoms with van der Waals surface area (Å²) >= 11 is 1.66. The Kier molecular flexibility index (Phi) is 9.21. The number of amides is 3. The number of hydrogen-bond acceptors (Lipinski definition) is 5. The second kappa shape index (κ2) is 12.5. The number of urea groups is 1. The number of nitriles is 1. The fourth-order valence-electron chi connectivity index (χ4n) is 3.34. The van der Waals surface area contributed by atoms with Crippen LogP contribution >= 0.6 is 11.3 Å². The quantitative estimate of drug-likeness (QED) is 0.462. The number of nitrogens with one attached hydrogen (secondary N) is 1. The molecule has 3 amide bonds. The molecule has 0 fully saturated rings. The number of carbonyl (C=O) groups excluding carboxylic acids is 2. The molecule has 8 heteroatoms. The van der Waals surface area contributed by atoms with Gasteiger partial charge >= 0.3 is 6.03 Å². The number of methoxy groups -OCH3 is 1. The Hall–Kier alpha value is -3.67. The van der Waals surface area contributed by atoms with Crippen LogP contribution < -0.4 is 5.32 Å². The second-order valence-electron chi connectivity index (χ2n) is 7.78. The molecule has 176 valence electrons. The van der Waals surface area contributed by atoms with E-state index in [-0.39, 0.29) is 19.0 Å². The van der Waals surface area contributed by atoms with Crippen LogP contribution in [0.25, 0.3) is 0 Å². The third-order valence-electron chi connectivity index (χ3n) is 5.16. The maximum Gasteiger partial charge on any atom is 0.322 e. The Labute approximate surface area is 204 Å². The van der Waals surface area contributed by atoms with Gasteiger partial charge in [0.25, 0.3) is 0 Å². The number of nitrogens with zero attached hydrogens (tertiary/aromatic N) is 3. The maximum atomic E-state index is 13.4. The number of aryl methyl sites for hydroxylation is 1. The average Bonchev–Trinajstić information content (AvgIpc) is 3.26. The highest BCUT2D eigenvalue weighted by Gasteiger charge is 2.22. The summed E-state index contributed by atoms with van der Waals surface area (Å²) in [5.41, 5.74) is 2.08. The lowest BCUT2D eigenvalue weighted by Crippen LogP contribution is -2.45. The molecule has 0 aliphatic heterocycles. The molecule has 1 heterocycles. The van der Waals surface area contributed by atoms with Crippen LogP contribution in [0.3, 0.4) is 0 Å². The van der Waals surface area contributed by atoms with Crippen LogP contribution in [0.1, 0.15) is 20.9 Å². The molecule has 1 N–H and O–H groups in total. The zero-order chi connectivity index (χ0) is 24.3. The summed E-state index contributed by atoms with van der Waals surface area (Å²) in [6.07, 6.45) is 0. The number of thiophene rings is 1. The van der Waals surface area contributed by atoms with Crippen molar-refractivity contribution in [2.45, 2.75) is 20.0 Å². The number of carbonyl (C=O) groups is 2. The highest BCUT2D eigenvalue weighted by Crippen LogP contribution is 2.19. The maximum absolute atomic E-state index is 13.4. The molecule has 0 saturated heterocycles. The van der Waals surface area contributed by atoms with Crippen LogP contribution in [0.15, 0.2) is 66.7 Å². The Balaban J connectivity index is 1.74. The van der Waals surface area contributed by atoms with E-state index in [4.69, 9.17) is 10.00 Å². The van der Waals surface area contributed by atoms with Crippen molar-refractivity contribution in [2.24, 2.45) is 0 Å². The molecule has 1 aromatic heterocycles. The summed E-state index contributed by atoms with van der Waals surface area (Å²) in [6, 6.07) is 22.1. The SMILES string of the molecule is COCCN(CC(=O)N(Cc1ccccc1)Cc1ccc(C)s1)C(=O)Nc1ccc(C#N)cc1. The van der Waals surface area contributed by atoms with E-state index in [1.807, 2.05) is 55.5 Å². The number of ether oxygens (including phenoxy) is 1. The van der Waals surface area contributed by atoms with Crippen molar-refractivity contribution >= 4 is 29.0 Å². The predicted molar refractivity (Wildman–Crippen MR) is 133 cm³/mol. The van der Waals surface area contributed by atoms with Gasteiger partial charge in [-0.2, -0.15) is 5.26 Å². The van der Waals surface area contributed by atoms with Gasteiger partial charge in [-0.05, 0) is 48.9 Å². The molecule has 0 atom stereocenters. The van der Waals surface area contributed by atoms with Gasteiger partial charge in [-0.3, -0.25) is 4.79 Å². The average molecular weight is 477 g/mol. The zero-order valence-electron chi connectivity index (χ0n) is 19.4. The fraction of sp³-hybridized carbons (Fsp3) is 0.269. The van der Waals surface area contributed by atoms with Crippen molar-refractivity contribution in [3.8, 4) is 6.07 Å². The van der Waals surface area contributed by atoms with Crippen LogP contribution in [0, 0.1) is 18.3 Å². The van der Waals surface area contributed by atoms with Crippen LogP contribution in [0.5, 0.6) is 0 Å². The second-order valence-corrected chi connectivity index (χ2v) is 9.15. The lowest BCUT2D eigenvalue weighted by atomic mass is 10.2. The molecule has 0 unspecified atom stereocenters. The van der Waals surface area contributed by atoms with Crippen molar-refractivity contribution in [1.82, 2.24) is 9.80 Å². The van der Waals surface area contributed by atoms with Crippen molar-refractivity contribution in [2.75, 3.05) is 32.1 Å². The number of benzene rings is 2. The lowest BCUT2D eigenvalue weighted by Gasteiger charge is -2.27. The summed E-state index contributed by atoms with van der Waals surface area (Å²) in [5.74, 6) is -0.152. The predicted octanol–water partition coefficient (Wildman–Crippen LogP) is 4.64. The van der Waals surface area contributed by atoms with Gasteiger partial charge < -0.3 is 19.9 Å². The van der Waals surface area contributed by atoms with Crippen LogP contribution in [0.2, 0.25) is 0 Å². The van der Waals surface area contributed by atoms with Crippen LogP contribution in [-0.4, -0.2) is 48.5 Å². The first kappa shape index (κ1) is 25.0. The minimum absolute atomic E-state index is 0.0807. The summed E-state index contributed by atoms with van der Waals surface area (Å²) < 4.78 is 5.16. The number of rotatable bonds is 10. The van der Waals surface area contributed by atoms with E-state index in [2.05, 4.69) is 5.32 Å². The molecule has 3 aromatic rings. The standard InChI is InChI=1S/C26H28N4O3S/c1-20-8-13-24(34-20)18-30(17-22-6-4-3-5-7-22)25(31)19-29(14-15-33-2)26(32)28-23-11-9-21(16-27)10-12-23/h3-13H,14-15,17-19H2,1-2H3,(H,28,32). The van der Waals surface area contributed by atoms with Gasteiger partial charge in [0.2, 0.25) is 5.91 Å². The third kappa shape index (κ3) is 7.44. The molecule has 0 bridgehead atoms. The van der Waals surface area contributed by atoms with E-state index in [0.717, 1.165) is 10.4 Å². The van der Waals surface area contributed by atoms with E-state index >= 15 is 0 Å². The molecular formula is C26H28N4O3S. The topological polar surface area (TPSA) is 85.7 Å². The van der Waals surface area contributed by atoms with Gasteiger partial charge in [0.05, 0.1) is 24.8 Å². The van der Waals surface area contributed by atoms with Crippen LogP contribution in [-0.2, 0) is 22.6 Å². The first-order chi connectivity index (χ1) is 16.5. The van der Waals surface area contributed by atoms with Crippen molar-refractivity contribution in [1.29, 1.82) is 5.26 Å². The largest absolute Gasteiger partial charge is 0.383 e. The van der Waals surface area contributed by atoms with E-state index < -0.39 is 6.03 Å². The smallest absolute Gasteiger partial charge is 0.322 e. The minimum Gasteiger partial charge on any atom is -0.383 e. The van der Waals surface area contributed by atoms with Gasteiger partial charge in [0.15, 0.2) is 0 Å². The fourth-order valence-corrected chi connectivity index (χ4v) is 4.25. The molecule has 0 aliphatic carbocycles. The zero-order valence-corrected chi connectivity index (χ0v) is 20.2. The molecule has 0 saturated carbocycles. The lowest BCUT2D eigenvalue weighted by molar-refractivity contribution is -0.133. The summed E-state index contributed by atoms with van der Waals surface area (Å²) in [6.45, 7) is 3.45. The third-order valence-corrected chi connectivity index (χ3v) is 6.14. The first-order valence-corrected chi connectivity index (χ1v) is 11.7. The minimum atomic E-state index is -0.401. The molecule has 0 spiro atoms. The first-order valence-electron chi connectivity index (χ1n) is 10.9. The summed E-state index contributed by atoms with van der Waals surface area (Å²) in [4.78, 5) is 31.9. The Morgan fingerprint density at radius 2 is 1.74 bits per heavy atom. The molecule has 0 radical (unpaired) electrons. The molecule has 3 rings (SSSR count). The number of hydrogen-bond donors (Lipinski definition) is 1. The number of anilines is 1. The van der Waals surface area contributed by atoms with Gasteiger partial charge in [-0.25, -0.2) is 4.79 Å². The van der Waals surface area contributed by atoms with E-state index in [1.165, 1.54) is 9.78 Å². The highest BCUT2D eigenvalue weighted by molar-refractivity contribution is 7.11. The Bertz CT molecular complexity index is 1120. The molecule has 0 aliphatic rings. The van der Waals surface area contributed by atoms with Gasteiger partial charge in [0, 0.05) is 35.6 Å². The van der Waals surface area contributed by atoms with Gasteiger partial charge in [0.1, 0.15) is 6.54 Å². The normalized spacial score (nSPS) is 10.4. The Morgan fingerprint density at radius 3 is 2.35 bits per heavy atom. The van der Waals surface area contributed by atoms with Crippen molar-refractivity contribution in [3.05, 3.63) is 87.6 Å². The summed E-state index contributed by atoms with van der Waals surface area (Å²) in [5, 5.41) is 11.8. The Morgan fingerprint density at radius 1 is 1.00 bits per heavy atom. The molecule has 7 nitrogen and oxygen atoms in total. The van der Waals surface area contributed by atoms with E-state index in [0.29, 0.717) is 30.9 Å². The van der Waals surface area contributed by atoms with Crippen molar-refractivity contribution < 1.29 is 14.3 Å². The molecule has 2 aromatic carbocycles. The molecular weight excluding hydrogens is 448 g/mol.